The number of alkyl halides is 1. The van der Waals surface area contributed by atoms with E-state index in [9.17, 15) is 4.39 Å². The highest BCUT2D eigenvalue weighted by atomic mass is 19.1. The second kappa shape index (κ2) is 4.48. The summed E-state index contributed by atoms with van der Waals surface area (Å²) in [6.07, 6.45) is 0.445. The summed E-state index contributed by atoms with van der Waals surface area (Å²) >= 11 is 0. The summed E-state index contributed by atoms with van der Waals surface area (Å²) in [5.74, 6) is 0. The van der Waals surface area contributed by atoms with Gasteiger partial charge in [-0.3, -0.25) is 0 Å². The van der Waals surface area contributed by atoms with Crippen LogP contribution in [-0.4, -0.2) is 0 Å². The van der Waals surface area contributed by atoms with Crippen LogP contribution in [0, 0.1) is 0 Å². The zero-order valence-corrected chi connectivity index (χ0v) is 9.36. The molecule has 0 saturated carbocycles. The van der Waals surface area contributed by atoms with Crippen molar-refractivity contribution in [2.75, 3.05) is 0 Å². The first-order valence-corrected chi connectivity index (χ1v) is 5.57. The summed E-state index contributed by atoms with van der Waals surface area (Å²) in [5, 5.41) is 0. The van der Waals surface area contributed by atoms with E-state index < -0.39 is 5.67 Å². The van der Waals surface area contributed by atoms with Crippen LogP contribution in [0.1, 0.15) is 24.5 Å². The molecule has 2 aromatic rings. The van der Waals surface area contributed by atoms with E-state index in [4.69, 9.17) is 0 Å². The Balaban J connectivity index is 2.49. The van der Waals surface area contributed by atoms with E-state index in [-0.39, 0.29) is 0 Å². The van der Waals surface area contributed by atoms with E-state index in [1.807, 2.05) is 67.6 Å². The Kier molecular flexibility index (Phi) is 3.04. The maximum absolute atomic E-state index is 15.0. The Morgan fingerprint density at radius 1 is 0.812 bits per heavy atom. The van der Waals surface area contributed by atoms with Crippen molar-refractivity contribution in [3.63, 3.8) is 0 Å². The lowest BCUT2D eigenvalue weighted by atomic mass is 9.86. The van der Waals surface area contributed by atoms with Crippen LogP contribution in [0.2, 0.25) is 0 Å². The first-order valence-electron chi connectivity index (χ1n) is 5.57. The third-order valence-electron chi connectivity index (χ3n) is 2.95. The molecule has 2 rings (SSSR count). The fraction of sp³-hybridized carbons (Fsp3) is 0.200. The first kappa shape index (κ1) is 10.9. The molecule has 0 unspecified atom stereocenters. The molecule has 1 heteroatoms. The van der Waals surface area contributed by atoms with Crippen molar-refractivity contribution < 1.29 is 4.39 Å². The molecule has 0 fully saturated rings. The Morgan fingerprint density at radius 3 is 1.50 bits per heavy atom. The van der Waals surface area contributed by atoms with Crippen molar-refractivity contribution in [3.8, 4) is 0 Å². The van der Waals surface area contributed by atoms with Crippen molar-refractivity contribution in [3.05, 3.63) is 71.8 Å². The van der Waals surface area contributed by atoms with Gasteiger partial charge in [-0.25, -0.2) is 4.39 Å². The molecule has 0 nitrogen and oxygen atoms in total. The quantitative estimate of drug-likeness (QED) is 0.714. The molecular weight excluding hydrogens is 199 g/mol. The number of benzene rings is 2. The predicted octanol–water partition coefficient (Wildman–Crippen LogP) is 4.31. The minimum Gasteiger partial charge on any atom is -0.233 e. The third kappa shape index (κ3) is 1.85. The Morgan fingerprint density at radius 2 is 1.19 bits per heavy atom. The van der Waals surface area contributed by atoms with Crippen LogP contribution in [0.5, 0.6) is 0 Å². The lowest BCUT2D eigenvalue weighted by Gasteiger charge is -2.24. The number of halogens is 1. The highest BCUT2D eigenvalue weighted by Crippen LogP contribution is 2.36. The molecule has 16 heavy (non-hydrogen) atoms. The third-order valence-corrected chi connectivity index (χ3v) is 2.95. The maximum atomic E-state index is 15.0. The Bertz CT molecular complexity index is 394. The van der Waals surface area contributed by atoms with Crippen LogP contribution < -0.4 is 0 Å². The monoisotopic (exact) mass is 214 g/mol. The molecule has 0 amide bonds. The topological polar surface area (TPSA) is 0 Å². The summed E-state index contributed by atoms with van der Waals surface area (Å²) in [6, 6.07) is 18.7. The van der Waals surface area contributed by atoms with Gasteiger partial charge in [0.15, 0.2) is 5.67 Å². The fourth-order valence-electron chi connectivity index (χ4n) is 1.98. The van der Waals surface area contributed by atoms with Crippen LogP contribution in [0.15, 0.2) is 60.7 Å². The van der Waals surface area contributed by atoms with E-state index in [1.54, 1.807) is 0 Å². The zero-order valence-electron chi connectivity index (χ0n) is 9.36. The van der Waals surface area contributed by atoms with Gasteiger partial charge in [0.2, 0.25) is 0 Å². The molecule has 0 aliphatic heterocycles. The van der Waals surface area contributed by atoms with E-state index in [0.717, 1.165) is 11.1 Å². The molecule has 0 saturated heterocycles. The van der Waals surface area contributed by atoms with Gasteiger partial charge in [-0.2, -0.15) is 0 Å². The molecule has 0 bridgehead atoms. The second-order valence-electron chi connectivity index (χ2n) is 3.89. The predicted molar refractivity (Wildman–Crippen MR) is 65.1 cm³/mol. The van der Waals surface area contributed by atoms with Crippen molar-refractivity contribution in [2.24, 2.45) is 0 Å². The highest BCUT2D eigenvalue weighted by Gasteiger charge is 2.31. The summed E-state index contributed by atoms with van der Waals surface area (Å²) in [7, 11) is 0. The van der Waals surface area contributed by atoms with Crippen LogP contribution in [0.25, 0.3) is 0 Å². The molecule has 0 aliphatic rings. The van der Waals surface area contributed by atoms with Gasteiger partial charge in [-0.1, -0.05) is 67.6 Å². The van der Waals surface area contributed by atoms with Gasteiger partial charge in [-0.15, -0.1) is 0 Å². The van der Waals surface area contributed by atoms with Crippen molar-refractivity contribution >= 4 is 0 Å². The SMILES string of the molecule is CCC(F)(c1ccccc1)c1ccccc1. The zero-order chi connectivity index (χ0) is 11.4. The van der Waals surface area contributed by atoms with Gasteiger partial charge in [0.1, 0.15) is 0 Å². The molecular formula is C15H15F. The smallest absolute Gasteiger partial charge is 0.160 e. The summed E-state index contributed by atoms with van der Waals surface area (Å²) in [4.78, 5) is 0. The Labute approximate surface area is 95.7 Å². The van der Waals surface area contributed by atoms with Gasteiger partial charge in [0.25, 0.3) is 0 Å². The molecule has 82 valence electrons. The summed E-state index contributed by atoms with van der Waals surface area (Å²) in [5.41, 5.74) is 0.0788. The standard InChI is InChI=1S/C15H15F/c1-2-15(16,13-9-5-3-6-10-13)14-11-7-4-8-12-14/h3-12H,2H2,1H3. The average Bonchev–Trinajstić information content (AvgIpc) is 2.40. The first-order chi connectivity index (χ1) is 7.77. The van der Waals surface area contributed by atoms with Crippen molar-refractivity contribution in [2.45, 2.75) is 19.0 Å². The summed E-state index contributed by atoms with van der Waals surface area (Å²) < 4.78 is 15.0. The molecule has 0 atom stereocenters. The van der Waals surface area contributed by atoms with Crippen molar-refractivity contribution in [1.82, 2.24) is 0 Å². The molecule has 0 aliphatic carbocycles. The molecule has 0 heterocycles. The Hall–Kier alpha value is -1.63. The number of rotatable bonds is 3. The van der Waals surface area contributed by atoms with Crippen molar-refractivity contribution in [1.29, 1.82) is 0 Å². The maximum Gasteiger partial charge on any atom is 0.160 e. The minimum absolute atomic E-state index is 0.445. The fourth-order valence-corrected chi connectivity index (χ4v) is 1.98. The van der Waals surface area contributed by atoms with Gasteiger partial charge >= 0.3 is 0 Å². The van der Waals surface area contributed by atoms with Gasteiger partial charge in [-0.05, 0) is 17.5 Å². The van der Waals surface area contributed by atoms with Gasteiger partial charge in [0.05, 0.1) is 0 Å². The van der Waals surface area contributed by atoms with Gasteiger partial charge < -0.3 is 0 Å². The number of hydrogen-bond donors (Lipinski definition) is 0. The van der Waals surface area contributed by atoms with Crippen LogP contribution in [0.4, 0.5) is 4.39 Å². The second-order valence-corrected chi connectivity index (χ2v) is 3.89. The molecule has 2 aromatic carbocycles. The minimum atomic E-state index is -1.37. The van der Waals surface area contributed by atoms with Crippen LogP contribution in [-0.2, 0) is 5.67 Å². The summed E-state index contributed by atoms with van der Waals surface area (Å²) in [6.45, 7) is 1.88. The van der Waals surface area contributed by atoms with E-state index in [0.29, 0.717) is 6.42 Å². The van der Waals surface area contributed by atoms with E-state index in [1.165, 1.54) is 0 Å². The molecule has 0 aromatic heterocycles. The average molecular weight is 214 g/mol. The number of hydrogen-bond acceptors (Lipinski definition) is 0. The molecule has 0 spiro atoms. The molecule has 0 N–H and O–H groups in total. The van der Waals surface area contributed by atoms with E-state index in [2.05, 4.69) is 0 Å². The van der Waals surface area contributed by atoms with Crippen LogP contribution in [0.3, 0.4) is 0 Å². The van der Waals surface area contributed by atoms with Gasteiger partial charge in [0, 0.05) is 0 Å². The lowest BCUT2D eigenvalue weighted by molar-refractivity contribution is 0.214. The van der Waals surface area contributed by atoms with Crippen LogP contribution >= 0.6 is 0 Å². The normalized spacial score (nSPS) is 11.4. The highest BCUT2D eigenvalue weighted by molar-refractivity contribution is 5.35. The van der Waals surface area contributed by atoms with E-state index >= 15 is 0 Å². The lowest BCUT2D eigenvalue weighted by Crippen LogP contribution is -2.20. The largest absolute Gasteiger partial charge is 0.233 e. The molecule has 0 radical (unpaired) electrons.